The Balaban J connectivity index is 1.95. The van der Waals surface area contributed by atoms with Crippen LogP contribution in [0.2, 0.25) is 0 Å². The van der Waals surface area contributed by atoms with E-state index in [-0.39, 0.29) is 11.8 Å². The van der Waals surface area contributed by atoms with E-state index in [9.17, 15) is 4.79 Å². The molecule has 1 aromatic heterocycles. The van der Waals surface area contributed by atoms with E-state index in [1.54, 1.807) is 0 Å². The summed E-state index contributed by atoms with van der Waals surface area (Å²) in [6.07, 6.45) is 6.70. The molecule has 3 unspecified atom stereocenters. The van der Waals surface area contributed by atoms with Gasteiger partial charge in [-0.15, -0.1) is 0 Å². The van der Waals surface area contributed by atoms with Crippen molar-refractivity contribution < 1.29 is 4.79 Å². The Bertz CT molecular complexity index is 459. The summed E-state index contributed by atoms with van der Waals surface area (Å²) in [6.45, 7) is 0. The van der Waals surface area contributed by atoms with E-state index in [0.29, 0.717) is 12.0 Å². The van der Waals surface area contributed by atoms with Crippen LogP contribution in [0.1, 0.15) is 37.3 Å². The van der Waals surface area contributed by atoms with Crippen molar-refractivity contribution in [3.8, 4) is 0 Å². The Morgan fingerprint density at radius 2 is 2.11 bits per heavy atom. The zero-order valence-electron chi connectivity index (χ0n) is 10.5. The molecular formula is C14H17IN2O. The summed E-state index contributed by atoms with van der Waals surface area (Å²) < 4.78 is 1.12. The number of carbonyl (C=O) groups excluding carboxylic acids is 1. The quantitative estimate of drug-likeness (QED) is 0.725. The maximum atomic E-state index is 12.4. The van der Waals surface area contributed by atoms with Crippen LogP contribution in [0, 0.1) is 9.49 Å². The molecule has 1 amide bonds. The lowest BCUT2D eigenvalue weighted by Crippen LogP contribution is -2.33. The lowest BCUT2D eigenvalue weighted by Gasteiger charge is -2.29. The van der Waals surface area contributed by atoms with Crippen molar-refractivity contribution in [2.75, 3.05) is 7.05 Å². The Hall–Kier alpha value is -0.650. The third kappa shape index (κ3) is 1.94. The first-order valence-electron chi connectivity index (χ1n) is 6.56. The molecule has 2 heterocycles. The lowest BCUT2D eigenvalue weighted by molar-refractivity contribution is -0.128. The van der Waals surface area contributed by atoms with Gasteiger partial charge in [-0.1, -0.05) is 12.8 Å². The molecule has 1 aromatic rings. The van der Waals surface area contributed by atoms with Crippen LogP contribution >= 0.6 is 22.6 Å². The maximum Gasteiger partial charge on any atom is 0.232 e. The zero-order chi connectivity index (χ0) is 12.7. The molecule has 4 heteroatoms. The molecule has 18 heavy (non-hydrogen) atoms. The van der Waals surface area contributed by atoms with Crippen LogP contribution in [0.5, 0.6) is 0 Å². The Morgan fingerprint density at radius 3 is 2.83 bits per heavy atom. The maximum absolute atomic E-state index is 12.4. The van der Waals surface area contributed by atoms with Crippen molar-refractivity contribution in [1.82, 2.24) is 9.88 Å². The number of carbonyl (C=O) groups is 1. The number of fused-ring (bicyclic) bond motifs is 1. The number of amides is 1. The monoisotopic (exact) mass is 356 g/mol. The van der Waals surface area contributed by atoms with E-state index in [4.69, 9.17) is 0 Å². The molecule has 1 aliphatic carbocycles. The summed E-state index contributed by atoms with van der Waals surface area (Å²) in [5.41, 5.74) is 0.960. The fourth-order valence-corrected chi connectivity index (χ4v) is 3.81. The van der Waals surface area contributed by atoms with Crippen molar-refractivity contribution in [3.63, 3.8) is 0 Å². The first-order chi connectivity index (χ1) is 8.68. The van der Waals surface area contributed by atoms with Gasteiger partial charge < -0.3 is 4.90 Å². The first-order valence-corrected chi connectivity index (χ1v) is 7.64. The van der Waals surface area contributed by atoms with E-state index in [0.717, 1.165) is 15.7 Å². The molecule has 96 valence electrons. The molecule has 1 saturated carbocycles. The highest BCUT2D eigenvalue weighted by Gasteiger charge is 2.48. The molecule has 2 aliphatic rings. The molecule has 3 atom stereocenters. The number of likely N-dealkylation sites (tertiary alicyclic amines) is 1. The van der Waals surface area contributed by atoms with Crippen molar-refractivity contribution in [2.24, 2.45) is 5.92 Å². The molecule has 0 bridgehead atoms. The highest BCUT2D eigenvalue weighted by Crippen LogP contribution is 2.44. The third-order valence-electron chi connectivity index (χ3n) is 4.39. The summed E-state index contributed by atoms with van der Waals surface area (Å²) in [4.78, 5) is 18.9. The average Bonchev–Trinajstić information content (AvgIpc) is 2.64. The number of pyridine rings is 1. The van der Waals surface area contributed by atoms with Crippen LogP contribution in [0.3, 0.4) is 0 Å². The average molecular weight is 356 g/mol. The zero-order valence-corrected chi connectivity index (χ0v) is 12.6. The second kappa shape index (κ2) is 4.79. The van der Waals surface area contributed by atoms with Gasteiger partial charge in [-0.2, -0.15) is 0 Å². The Labute approximate surface area is 121 Å². The van der Waals surface area contributed by atoms with Crippen molar-refractivity contribution in [1.29, 1.82) is 0 Å². The second-order valence-corrected chi connectivity index (χ2v) is 6.59. The van der Waals surface area contributed by atoms with E-state index < -0.39 is 0 Å². The lowest BCUT2D eigenvalue weighted by atomic mass is 9.78. The number of halogens is 1. The normalized spacial score (nSPS) is 31.6. The molecule has 0 aromatic carbocycles. The second-order valence-electron chi connectivity index (χ2n) is 5.34. The van der Waals surface area contributed by atoms with E-state index in [1.807, 2.05) is 30.3 Å². The topological polar surface area (TPSA) is 33.2 Å². The van der Waals surface area contributed by atoms with Crippen molar-refractivity contribution >= 4 is 28.5 Å². The minimum atomic E-state index is -0.00250. The van der Waals surface area contributed by atoms with Gasteiger partial charge in [0.15, 0.2) is 0 Å². The molecule has 1 aliphatic heterocycles. The van der Waals surface area contributed by atoms with Gasteiger partial charge in [0.05, 0.1) is 11.6 Å². The number of aromatic nitrogens is 1. The summed E-state index contributed by atoms with van der Waals surface area (Å²) in [6, 6.07) is 4.51. The number of hydrogen-bond donors (Lipinski definition) is 0. The highest BCUT2D eigenvalue weighted by atomic mass is 127. The van der Waals surface area contributed by atoms with Gasteiger partial charge >= 0.3 is 0 Å². The van der Waals surface area contributed by atoms with Gasteiger partial charge in [-0.3, -0.25) is 9.78 Å². The van der Waals surface area contributed by atoms with Gasteiger partial charge in [0.2, 0.25) is 5.91 Å². The smallest absolute Gasteiger partial charge is 0.232 e. The van der Waals surface area contributed by atoms with Gasteiger partial charge in [-0.05, 0) is 53.5 Å². The molecule has 3 nitrogen and oxygen atoms in total. The molecule has 3 rings (SSSR count). The fraction of sp³-hybridized carbons (Fsp3) is 0.571. The molecular weight excluding hydrogens is 339 g/mol. The third-order valence-corrected chi connectivity index (χ3v) is 5.03. The first kappa shape index (κ1) is 12.4. The minimum Gasteiger partial charge on any atom is -0.342 e. The van der Waals surface area contributed by atoms with Gasteiger partial charge in [0, 0.05) is 22.9 Å². The summed E-state index contributed by atoms with van der Waals surface area (Å²) in [5, 5.41) is 0. The number of rotatable bonds is 1. The minimum absolute atomic E-state index is 0.00250. The molecule has 0 N–H and O–H groups in total. The molecule has 2 fully saturated rings. The number of likely N-dealkylation sites (N-methyl/N-ethyl adjacent to an activating group) is 1. The molecule has 0 spiro atoms. The van der Waals surface area contributed by atoms with E-state index >= 15 is 0 Å². The fourth-order valence-electron chi connectivity index (χ4n) is 3.49. The van der Waals surface area contributed by atoms with Gasteiger partial charge in [-0.25, -0.2) is 0 Å². The largest absolute Gasteiger partial charge is 0.342 e. The van der Waals surface area contributed by atoms with Crippen LogP contribution in [0.25, 0.3) is 0 Å². The Morgan fingerprint density at radius 1 is 1.33 bits per heavy atom. The van der Waals surface area contributed by atoms with Crippen LogP contribution in [-0.2, 0) is 4.79 Å². The number of nitrogens with zero attached hydrogens (tertiary/aromatic N) is 2. The highest BCUT2D eigenvalue weighted by molar-refractivity contribution is 14.1. The SMILES string of the molecule is CN1C(=O)C(c2ccc(I)cn2)C2CCCCC21. The standard InChI is InChI=1S/C14H17IN2O/c1-17-12-5-3-2-4-10(12)13(14(17)18)11-7-6-9(15)8-16-11/h6-8,10,12-13H,2-5H2,1H3. The predicted molar refractivity (Wildman–Crippen MR) is 78.2 cm³/mol. The summed E-state index contributed by atoms with van der Waals surface area (Å²) >= 11 is 2.25. The predicted octanol–water partition coefficient (Wildman–Crippen LogP) is 2.80. The summed E-state index contributed by atoms with van der Waals surface area (Å²) in [7, 11) is 1.96. The van der Waals surface area contributed by atoms with Crippen molar-refractivity contribution in [2.45, 2.75) is 37.6 Å². The van der Waals surface area contributed by atoms with Gasteiger partial charge in [0.1, 0.15) is 0 Å². The Kier molecular flexibility index (Phi) is 3.30. The molecule has 0 radical (unpaired) electrons. The van der Waals surface area contributed by atoms with Crippen LogP contribution in [0.15, 0.2) is 18.3 Å². The van der Waals surface area contributed by atoms with Crippen LogP contribution in [0.4, 0.5) is 0 Å². The van der Waals surface area contributed by atoms with Crippen LogP contribution < -0.4 is 0 Å². The molecule has 1 saturated heterocycles. The van der Waals surface area contributed by atoms with Crippen LogP contribution in [-0.4, -0.2) is 28.9 Å². The van der Waals surface area contributed by atoms with E-state index in [2.05, 4.69) is 27.6 Å². The van der Waals surface area contributed by atoms with Gasteiger partial charge in [0.25, 0.3) is 0 Å². The van der Waals surface area contributed by atoms with Crippen molar-refractivity contribution in [3.05, 3.63) is 27.6 Å². The number of hydrogen-bond acceptors (Lipinski definition) is 2. The van der Waals surface area contributed by atoms with E-state index in [1.165, 1.54) is 19.3 Å². The summed E-state index contributed by atoms with van der Waals surface area (Å²) in [5.74, 6) is 0.738.